The van der Waals surface area contributed by atoms with Gasteiger partial charge in [0.1, 0.15) is 11.6 Å². The average molecular weight is 268 g/mol. The van der Waals surface area contributed by atoms with Gasteiger partial charge in [0.15, 0.2) is 6.10 Å². The van der Waals surface area contributed by atoms with Gasteiger partial charge in [-0.05, 0) is 30.7 Å². The van der Waals surface area contributed by atoms with Crippen molar-refractivity contribution >= 4 is 18.0 Å². The van der Waals surface area contributed by atoms with Gasteiger partial charge in [0.2, 0.25) is 0 Å². The largest absolute Gasteiger partial charge is 0.479 e. The van der Waals surface area contributed by atoms with E-state index in [2.05, 4.69) is 0 Å². The third-order valence-corrected chi connectivity index (χ3v) is 2.29. The van der Waals surface area contributed by atoms with Crippen LogP contribution in [0.1, 0.15) is 18.9 Å². The van der Waals surface area contributed by atoms with Crippen LogP contribution in [0.4, 0.5) is 4.39 Å². The number of hydrogen-bond acceptors (Lipinski definition) is 3. The van der Waals surface area contributed by atoms with Gasteiger partial charge in [0.05, 0.1) is 0 Å². The summed E-state index contributed by atoms with van der Waals surface area (Å²) in [7, 11) is 0. The zero-order valence-corrected chi connectivity index (χ0v) is 10.2. The summed E-state index contributed by atoms with van der Waals surface area (Å²) in [4.78, 5) is 21.3. The summed E-state index contributed by atoms with van der Waals surface area (Å²) >= 11 is 0. The third-order valence-electron chi connectivity index (χ3n) is 2.29. The fourth-order valence-corrected chi connectivity index (χ4v) is 1.38. The molecule has 1 atom stereocenters. The zero-order valence-electron chi connectivity index (χ0n) is 10.2. The lowest BCUT2D eigenvalue weighted by atomic mass is 10.1. The molecule has 0 saturated heterocycles. The van der Waals surface area contributed by atoms with Crippen molar-refractivity contribution in [1.82, 2.24) is 0 Å². The first-order chi connectivity index (χ1) is 8.93. The SMILES string of the molecule is CCC(Oc1ccc(F)cc1/C=C/C(=O)O)C(=O)O. The molecule has 0 aliphatic carbocycles. The fraction of sp³-hybridized carbons (Fsp3) is 0.231. The summed E-state index contributed by atoms with van der Waals surface area (Å²) in [6.07, 6.45) is 1.13. The van der Waals surface area contributed by atoms with E-state index in [1.807, 2.05) is 0 Å². The van der Waals surface area contributed by atoms with Crippen LogP contribution in [0, 0.1) is 5.82 Å². The van der Waals surface area contributed by atoms with E-state index in [0.717, 1.165) is 24.3 Å². The van der Waals surface area contributed by atoms with Crippen LogP contribution >= 0.6 is 0 Å². The minimum Gasteiger partial charge on any atom is -0.479 e. The van der Waals surface area contributed by atoms with Crippen molar-refractivity contribution < 1.29 is 28.9 Å². The standard InChI is InChI=1S/C13H13FO5/c1-2-10(13(17)18)19-11-5-4-9(14)7-8(11)3-6-12(15)16/h3-7,10H,2H2,1H3,(H,15,16)(H,17,18)/b6-3+. The van der Waals surface area contributed by atoms with Gasteiger partial charge in [-0.15, -0.1) is 0 Å². The van der Waals surface area contributed by atoms with Crippen molar-refractivity contribution in [2.45, 2.75) is 19.4 Å². The fourth-order valence-electron chi connectivity index (χ4n) is 1.38. The van der Waals surface area contributed by atoms with Crippen molar-refractivity contribution in [1.29, 1.82) is 0 Å². The van der Waals surface area contributed by atoms with Crippen molar-refractivity contribution in [3.8, 4) is 5.75 Å². The quantitative estimate of drug-likeness (QED) is 0.772. The predicted octanol–water partition coefficient (Wildman–Crippen LogP) is 2.17. The lowest BCUT2D eigenvalue weighted by Gasteiger charge is -2.15. The van der Waals surface area contributed by atoms with E-state index in [-0.39, 0.29) is 17.7 Å². The number of aliphatic carboxylic acids is 2. The minimum atomic E-state index is -1.19. The third kappa shape index (κ3) is 4.42. The first-order valence-electron chi connectivity index (χ1n) is 5.54. The molecule has 0 spiro atoms. The molecule has 1 aromatic rings. The molecule has 1 unspecified atom stereocenters. The molecule has 0 aliphatic heterocycles. The second-order valence-electron chi connectivity index (χ2n) is 3.71. The number of hydrogen-bond donors (Lipinski definition) is 2. The van der Waals surface area contributed by atoms with Crippen LogP contribution in [0.3, 0.4) is 0 Å². The Kier molecular flexibility index (Phi) is 5.05. The molecule has 0 aromatic heterocycles. The van der Waals surface area contributed by atoms with E-state index in [9.17, 15) is 14.0 Å². The number of carboxylic acids is 2. The van der Waals surface area contributed by atoms with E-state index in [1.165, 1.54) is 6.07 Å². The Morgan fingerprint density at radius 3 is 2.63 bits per heavy atom. The van der Waals surface area contributed by atoms with Crippen LogP contribution in [0.15, 0.2) is 24.3 Å². The summed E-state index contributed by atoms with van der Waals surface area (Å²) in [5.74, 6) is -2.78. The Balaban J connectivity index is 3.05. The van der Waals surface area contributed by atoms with E-state index in [1.54, 1.807) is 6.92 Å². The highest BCUT2D eigenvalue weighted by atomic mass is 19.1. The Morgan fingerprint density at radius 2 is 2.11 bits per heavy atom. The predicted molar refractivity (Wildman–Crippen MR) is 65.4 cm³/mol. The summed E-state index contributed by atoms with van der Waals surface area (Å²) in [5, 5.41) is 17.4. The van der Waals surface area contributed by atoms with Gasteiger partial charge in [0.25, 0.3) is 0 Å². The van der Waals surface area contributed by atoms with Gasteiger partial charge in [-0.3, -0.25) is 0 Å². The van der Waals surface area contributed by atoms with Crippen LogP contribution in [0.5, 0.6) is 5.75 Å². The monoisotopic (exact) mass is 268 g/mol. The van der Waals surface area contributed by atoms with Gasteiger partial charge in [-0.25, -0.2) is 14.0 Å². The van der Waals surface area contributed by atoms with Crippen molar-refractivity contribution in [2.75, 3.05) is 0 Å². The number of carbonyl (C=O) groups is 2. The molecule has 0 heterocycles. The van der Waals surface area contributed by atoms with Crippen LogP contribution < -0.4 is 4.74 Å². The molecule has 0 bridgehead atoms. The van der Waals surface area contributed by atoms with Crippen molar-refractivity contribution in [2.24, 2.45) is 0 Å². The number of carboxylic acid groups (broad SMARTS) is 2. The smallest absolute Gasteiger partial charge is 0.344 e. The number of benzene rings is 1. The van der Waals surface area contributed by atoms with Gasteiger partial charge in [-0.2, -0.15) is 0 Å². The molecule has 1 rings (SSSR count). The van der Waals surface area contributed by atoms with Crippen molar-refractivity contribution in [3.63, 3.8) is 0 Å². The van der Waals surface area contributed by atoms with Crippen molar-refractivity contribution in [3.05, 3.63) is 35.7 Å². The summed E-state index contributed by atoms with van der Waals surface area (Å²) in [6, 6.07) is 3.45. The van der Waals surface area contributed by atoms with E-state index in [4.69, 9.17) is 14.9 Å². The molecule has 0 fully saturated rings. The highest BCUT2D eigenvalue weighted by Crippen LogP contribution is 2.23. The molecule has 19 heavy (non-hydrogen) atoms. The van der Waals surface area contributed by atoms with E-state index < -0.39 is 23.9 Å². The molecule has 0 saturated carbocycles. The highest BCUT2D eigenvalue weighted by Gasteiger charge is 2.18. The second kappa shape index (κ2) is 6.53. The van der Waals surface area contributed by atoms with Crippen LogP contribution in [-0.2, 0) is 9.59 Å². The topological polar surface area (TPSA) is 83.8 Å². The Labute approximate surface area is 108 Å². The lowest BCUT2D eigenvalue weighted by molar-refractivity contribution is -0.145. The Hall–Kier alpha value is -2.37. The molecule has 102 valence electrons. The lowest BCUT2D eigenvalue weighted by Crippen LogP contribution is -2.26. The molecular formula is C13H13FO5. The minimum absolute atomic E-state index is 0.119. The van der Waals surface area contributed by atoms with Crippen LogP contribution in [0.25, 0.3) is 6.08 Å². The molecule has 6 heteroatoms. The van der Waals surface area contributed by atoms with E-state index >= 15 is 0 Å². The first kappa shape index (κ1) is 14.7. The maximum atomic E-state index is 13.1. The molecule has 1 aromatic carbocycles. The zero-order chi connectivity index (χ0) is 14.4. The number of ether oxygens (including phenoxy) is 1. The Bertz CT molecular complexity index is 510. The van der Waals surface area contributed by atoms with E-state index in [0.29, 0.717) is 0 Å². The maximum absolute atomic E-state index is 13.1. The van der Waals surface area contributed by atoms with Gasteiger partial charge >= 0.3 is 11.9 Å². The Morgan fingerprint density at radius 1 is 1.42 bits per heavy atom. The summed E-state index contributed by atoms with van der Waals surface area (Å²) in [5.41, 5.74) is 0.169. The number of rotatable bonds is 6. The van der Waals surface area contributed by atoms with Crippen LogP contribution in [-0.4, -0.2) is 28.3 Å². The number of halogens is 1. The molecule has 5 nitrogen and oxygen atoms in total. The van der Waals surface area contributed by atoms with Gasteiger partial charge in [0, 0.05) is 11.6 Å². The summed E-state index contributed by atoms with van der Waals surface area (Å²) < 4.78 is 18.3. The highest BCUT2D eigenvalue weighted by molar-refractivity contribution is 5.86. The first-order valence-corrected chi connectivity index (χ1v) is 5.54. The molecule has 0 aliphatic rings. The second-order valence-corrected chi connectivity index (χ2v) is 3.71. The van der Waals surface area contributed by atoms with Gasteiger partial charge in [-0.1, -0.05) is 6.92 Å². The molecule has 0 amide bonds. The molecular weight excluding hydrogens is 255 g/mol. The van der Waals surface area contributed by atoms with Gasteiger partial charge < -0.3 is 14.9 Å². The van der Waals surface area contributed by atoms with Crippen LogP contribution in [0.2, 0.25) is 0 Å². The normalized spacial score (nSPS) is 12.3. The maximum Gasteiger partial charge on any atom is 0.344 e. The summed E-state index contributed by atoms with van der Waals surface area (Å²) in [6.45, 7) is 1.63. The average Bonchev–Trinajstić information content (AvgIpc) is 2.34. The molecule has 0 radical (unpaired) electrons. The molecule has 2 N–H and O–H groups in total.